The van der Waals surface area contributed by atoms with Gasteiger partial charge >= 0.3 is 0 Å². The van der Waals surface area contributed by atoms with Crippen LogP contribution in [0.3, 0.4) is 0 Å². The van der Waals surface area contributed by atoms with Crippen molar-refractivity contribution in [2.45, 2.75) is 25.2 Å². The van der Waals surface area contributed by atoms with Gasteiger partial charge in [0, 0.05) is 45.8 Å². The average Bonchev–Trinajstić information content (AvgIpc) is 2.90. The number of benzene rings is 2. The zero-order valence-corrected chi connectivity index (χ0v) is 23.3. The molecule has 9 nitrogen and oxygen atoms in total. The number of methoxy groups -OCH3 is 3. The van der Waals surface area contributed by atoms with Crippen LogP contribution < -0.4 is 19.1 Å². The molecule has 0 saturated carbocycles. The third-order valence-corrected chi connectivity index (χ3v) is 8.22. The standard InChI is InChI=1S/C27H37N3O6S/c1-20(2)17-27(31)30-15-13-29(14-16-30)23-19-22(8-10-24(23)34-4)37(32,33)28(3)12-11-21-7-9-25(35-5)26(18-21)36-6/h7-10,17-19H,11-16H2,1-6H3. The summed E-state index contributed by atoms with van der Waals surface area (Å²) in [7, 11) is 2.55. The lowest BCUT2D eigenvalue weighted by atomic mass is 10.1. The van der Waals surface area contributed by atoms with Gasteiger partial charge in [-0.1, -0.05) is 11.6 Å². The monoisotopic (exact) mass is 531 g/mol. The number of likely N-dealkylation sites (N-methyl/N-ethyl adjacent to an activating group) is 1. The molecule has 0 bridgehead atoms. The van der Waals surface area contributed by atoms with Crippen LogP contribution in [0.5, 0.6) is 17.2 Å². The summed E-state index contributed by atoms with van der Waals surface area (Å²) in [5.41, 5.74) is 2.60. The van der Waals surface area contributed by atoms with Gasteiger partial charge in [-0.2, -0.15) is 0 Å². The van der Waals surface area contributed by atoms with Gasteiger partial charge in [-0.25, -0.2) is 12.7 Å². The van der Waals surface area contributed by atoms with Gasteiger partial charge in [-0.15, -0.1) is 0 Å². The van der Waals surface area contributed by atoms with E-state index in [9.17, 15) is 13.2 Å². The molecule has 0 aliphatic carbocycles. The van der Waals surface area contributed by atoms with Crippen LogP contribution >= 0.6 is 0 Å². The van der Waals surface area contributed by atoms with E-state index in [4.69, 9.17) is 14.2 Å². The van der Waals surface area contributed by atoms with Gasteiger partial charge in [0.25, 0.3) is 0 Å². The summed E-state index contributed by atoms with van der Waals surface area (Å²) in [6, 6.07) is 10.5. The van der Waals surface area contributed by atoms with E-state index in [1.807, 2.05) is 32.0 Å². The molecule has 0 unspecified atom stereocenters. The fraction of sp³-hybridized carbons (Fsp3) is 0.444. The SMILES string of the molecule is COc1ccc(CCN(C)S(=O)(=O)c2ccc(OC)c(N3CCN(C(=O)C=C(C)C)CC3)c2)cc1OC. The number of nitrogens with zero attached hydrogens (tertiary/aromatic N) is 3. The maximum Gasteiger partial charge on any atom is 0.246 e. The Bertz CT molecular complexity index is 1230. The van der Waals surface area contributed by atoms with E-state index in [1.165, 1.54) is 4.31 Å². The zero-order valence-electron chi connectivity index (χ0n) is 22.5. The lowest BCUT2D eigenvalue weighted by molar-refractivity contribution is -0.126. The Balaban J connectivity index is 1.74. The first kappa shape index (κ1) is 28.3. The van der Waals surface area contributed by atoms with Crippen LogP contribution in [-0.2, 0) is 21.2 Å². The molecule has 2 aromatic carbocycles. The fourth-order valence-corrected chi connectivity index (χ4v) is 5.40. The number of rotatable bonds is 10. The average molecular weight is 532 g/mol. The van der Waals surface area contributed by atoms with Crippen molar-refractivity contribution in [1.82, 2.24) is 9.21 Å². The second kappa shape index (κ2) is 12.3. The number of anilines is 1. The molecule has 10 heteroatoms. The molecule has 1 amide bonds. The van der Waals surface area contributed by atoms with Crippen molar-refractivity contribution >= 4 is 21.6 Å². The highest BCUT2D eigenvalue weighted by Crippen LogP contribution is 2.33. The Morgan fingerprint density at radius 3 is 2.14 bits per heavy atom. The Labute approximate surface area is 220 Å². The molecule has 0 N–H and O–H groups in total. The summed E-state index contributed by atoms with van der Waals surface area (Å²) in [5, 5.41) is 0. The topological polar surface area (TPSA) is 88.6 Å². The lowest BCUT2D eigenvalue weighted by Gasteiger charge is -2.36. The normalized spacial score (nSPS) is 13.9. The predicted molar refractivity (Wildman–Crippen MR) is 144 cm³/mol. The minimum atomic E-state index is -3.74. The molecular weight excluding hydrogens is 494 g/mol. The summed E-state index contributed by atoms with van der Waals surface area (Å²) in [6.07, 6.45) is 2.15. The highest BCUT2D eigenvalue weighted by molar-refractivity contribution is 7.89. The molecule has 1 heterocycles. The Morgan fingerprint density at radius 1 is 0.919 bits per heavy atom. The molecule has 1 saturated heterocycles. The van der Waals surface area contributed by atoms with Gasteiger partial charge < -0.3 is 24.0 Å². The molecular formula is C27H37N3O6S. The van der Waals surface area contributed by atoms with Gasteiger partial charge in [-0.3, -0.25) is 4.79 Å². The van der Waals surface area contributed by atoms with Crippen LogP contribution in [0, 0.1) is 0 Å². The largest absolute Gasteiger partial charge is 0.495 e. The number of allylic oxidation sites excluding steroid dienone is 1. The lowest BCUT2D eigenvalue weighted by Crippen LogP contribution is -2.48. The smallest absolute Gasteiger partial charge is 0.246 e. The van der Waals surface area contributed by atoms with E-state index in [0.717, 1.165) is 11.1 Å². The summed E-state index contributed by atoms with van der Waals surface area (Å²) >= 11 is 0. The number of piperazine rings is 1. The van der Waals surface area contributed by atoms with Crippen LogP contribution in [-0.4, -0.2) is 84.6 Å². The molecule has 0 atom stereocenters. The van der Waals surface area contributed by atoms with Gasteiger partial charge in [0.2, 0.25) is 15.9 Å². The van der Waals surface area contributed by atoms with Crippen molar-refractivity contribution in [1.29, 1.82) is 0 Å². The maximum absolute atomic E-state index is 13.4. The molecule has 0 radical (unpaired) electrons. The van der Waals surface area contributed by atoms with Crippen molar-refractivity contribution in [3.8, 4) is 17.2 Å². The zero-order chi connectivity index (χ0) is 27.2. The first-order valence-electron chi connectivity index (χ1n) is 12.1. The number of hydrogen-bond donors (Lipinski definition) is 0. The molecule has 0 aromatic heterocycles. The number of amides is 1. The van der Waals surface area contributed by atoms with Gasteiger partial charge in [0.1, 0.15) is 5.75 Å². The summed E-state index contributed by atoms with van der Waals surface area (Å²) in [6.45, 7) is 6.35. The maximum atomic E-state index is 13.4. The number of ether oxygens (including phenoxy) is 3. The van der Waals surface area contributed by atoms with Gasteiger partial charge in [0.15, 0.2) is 11.5 Å². The molecule has 3 rings (SSSR count). The number of sulfonamides is 1. The van der Waals surface area contributed by atoms with E-state index < -0.39 is 10.0 Å². The van der Waals surface area contributed by atoms with Crippen molar-refractivity contribution in [3.05, 3.63) is 53.6 Å². The summed E-state index contributed by atoms with van der Waals surface area (Å²) in [4.78, 5) is 16.4. The van der Waals surface area contributed by atoms with Gasteiger partial charge in [0.05, 0.1) is 31.9 Å². The second-order valence-corrected chi connectivity index (χ2v) is 11.2. The van der Waals surface area contributed by atoms with Gasteiger partial charge in [-0.05, 0) is 56.2 Å². The van der Waals surface area contributed by atoms with Crippen LogP contribution in [0.15, 0.2) is 52.9 Å². The molecule has 1 aliphatic heterocycles. The predicted octanol–water partition coefficient (Wildman–Crippen LogP) is 3.19. The van der Waals surface area contributed by atoms with Crippen LogP contribution in [0.1, 0.15) is 19.4 Å². The number of carbonyl (C=O) groups is 1. The fourth-order valence-electron chi connectivity index (χ4n) is 4.21. The minimum Gasteiger partial charge on any atom is -0.495 e. The highest BCUT2D eigenvalue weighted by Gasteiger charge is 2.26. The van der Waals surface area contributed by atoms with Crippen molar-refractivity contribution in [3.63, 3.8) is 0 Å². The minimum absolute atomic E-state index is 0.000881. The molecule has 2 aromatic rings. The highest BCUT2D eigenvalue weighted by atomic mass is 32.2. The molecule has 37 heavy (non-hydrogen) atoms. The third-order valence-electron chi connectivity index (χ3n) is 6.37. The van der Waals surface area contributed by atoms with Crippen LogP contribution in [0.4, 0.5) is 5.69 Å². The van der Waals surface area contributed by atoms with Crippen LogP contribution in [0.25, 0.3) is 0 Å². The number of hydrogen-bond acceptors (Lipinski definition) is 7. The van der Waals surface area contributed by atoms with E-state index in [2.05, 4.69) is 4.90 Å². The van der Waals surface area contributed by atoms with E-state index >= 15 is 0 Å². The number of carbonyl (C=O) groups excluding carboxylic acids is 1. The molecule has 202 valence electrons. The molecule has 1 aliphatic rings. The Kier molecular flexibility index (Phi) is 9.45. The summed E-state index contributed by atoms with van der Waals surface area (Å²) in [5.74, 6) is 1.82. The van der Waals surface area contributed by atoms with Crippen LogP contribution in [0.2, 0.25) is 0 Å². The first-order chi connectivity index (χ1) is 17.6. The summed E-state index contributed by atoms with van der Waals surface area (Å²) < 4.78 is 44.4. The quantitative estimate of drug-likeness (QED) is 0.435. The Morgan fingerprint density at radius 2 is 1.54 bits per heavy atom. The van der Waals surface area contributed by atoms with Crippen molar-refractivity contribution in [2.24, 2.45) is 0 Å². The third kappa shape index (κ3) is 6.75. The van der Waals surface area contributed by atoms with E-state index in [0.29, 0.717) is 62.1 Å². The van der Waals surface area contributed by atoms with Crippen molar-refractivity contribution < 1.29 is 27.4 Å². The molecule has 0 spiro atoms. The van der Waals surface area contributed by atoms with Crippen molar-refractivity contribution in [2.75, 3.05) is 66.0 Å². The second-order valence-electron chi connectivity index (χ2n) is 9.13. The first-order valence-corrected chi connectivity index (χ1v) is 13.6. The van der Waals surface area contributed by atoms with E-state index in [1.54, 1.807) is 57.6 Å². The molecule has 1 fully saturated rings. The Hall–Kier alpha value is -3.24. The van der Waals surface area contributed by atoms with E-state index in [-0.39, 0.29) is 10.8 Å².